The van der Waals surface area contributed by atoms with Crippen LogP contribution in [0, 0.1) is 6.92 Å². The van der Waals surface area contributed by atoms with Gasteiger partial charge in [0.25, 0.3) is 5.91 Å². The van der Waals surface area contributed by atoms with E-state index < -0.39 is 0 Å². The van der Waals surface area contributed by atoms with Crippen LogP contribution in [0.15, 0.2) is 48.8 Å². The zero-order valence-electron chi connectivity index (χ0n) is 15.4. The molecule has 2 aromatic heterocycles. The predicted octanol–water partition coefficient (Wildman–Crippen LogP) is 3.71. The van der Waals surface area contributed by atoms with E-state index in [2.05, 4.69) is 15.4 Å². The SMILES string of the molecule is Cc1ccc(-n2cc(C(=O)Nc3ccc(N)nc3)c(C(C)(C)C)n2)cc1. The van der Waals surface area contributed by atoms with Crippen molar-refractivity contribution in [2.75, 3.05) is 11.1 Å². The average Bonchev–Trinajstić information content (AvgIpc) is 3.03. The maximum absolute atomic E-state index is 12.8. The summed E-state index contributed by atoms with van der Waals surface area (Å²) in [7, 11) is 0. The molecular formula is C20H23N5O. The number of aromatic nitrogens is 3. The molecule has 0 atom stereocenters. The summed E-state index contributed by atoms with van der Waals surface area (Å²) in [5, 5.41) is 7.54. The smallest absolute Gasteiger partial charge is 0.259 e. The number of nitrogens with one attached hydrogen (secondary N) is 1. The fourth-order valence-electron chi connectivity index (χ4n) is 2.60. The molecule has 0 saturated heterocycles. The number of nitrogens with two attached hydrogens (primary N) is 1. The Balaban J connectivity index is 1.97. The van der Waals surface area contributed by atoms with Crippen LogP contribution >= 0.6 is 0 Å². The van der Waals surface area contributed by atoms with Crippen molar-refractivity contribution < 1.29 is 4.79 Å². The Kier molecular flexibility index (Phi) is 4.50. The van der Waals surface area contributed by atoms with Crippen LogP contribution in [0.4, 0.5) is 11.5 Å². The lowest BCUT2D eigenvalue weighted by atomic mass is 9.89. The van der Waals surface area contributed by atoms with E-state index in [1.165, 1.54) is 11.8 Å². The van der Waals surface area contributed by atoms with Crippen molar-refractivity contribution in [3.05, 3.63) is 65.6 Å². The number of benzene rings is 1. The number of aryl methyl sites for hydroxylation is 1. The van der Waals surface area contributed by atoms with Crippen LogP contribution < -0.4 is 11.1 Å². The monoisotopic (exact) mass is 349 g/mol. The molecule has 3 N–H and O–H groups in total. The van der Waals surface area contributed by atoms with Crippen LogP contribution in [0.1, 0.15) is 42.4 Å². The van der Waals surface area contributed by atoms with Gasteiger partial charge < -0.3 is 11.1 Å². The van der Waals surface area contributed by atoms with Crippen LogP contribution in [-0.2, 0) is 5.41 Å². The summed E-state index contributed by atoms with van der Waals surface area (Å²) in [5.74, 6) is 0.186. The van der Waals surface area contributed by atoms with Gasteiger partial charge in [0.15, 0.2) is 0 Å². The molecule has 0 saturated carbocycles. The highest BCUT2D eigenvalue weighted by atomic mass is 16.1. The normalized spacial score (nSPS) is 11.4. The van der Waals surface area contributed by atoms with Gasteiger partial charge in [0.05, 0.1) is 28.8 Å². The van der Waals surface area contributed by atoms with E-state index in [0.29, 0.717) is 17.1 Å². The van der Waals surface area contributed by atoms with Gasteiger partial charge in [-0.3, -0.25) is 4.79 Å². The van der Waals surface area contributed by atoms with Crippen molar-refractivity contribution in [1.29, 1.82) is 0 Å². The fraction of sp³-hybridized carbons (Fsp3) is 0.250. The van der Waals surface area contributed by atoms with E-state index in [4.69, 9.17) is 5.73 Å². The zero-order valence-corrected chi connectivity index (χ0v) is 15.4. The van der Waals surface area contributed by atoms with Crippen molar-refractivity contribution in [1.82, 2.24) is 14.8 Å². The molecule has 0 unspecified atom stereocenters. The predicted molar refractivity (Wildman–Crippen MR) is 104 cm³/mol. The first-order valence-corrected chi connectivity index (χ1v) is 8.44. The molecule has 2 heterocycles. The second-order valence-electron chi connectivity index (χ2n) is 7.35. The summed E-state index contributed by atoms with van der Waals surface area (Å²) < 4.78 is 1.75. The quantitative estimate of drug-likeness (QED) is 0.755. The number of carbonyl (C=O) groups excluding carboxylic acids is 1. The van der Waals surface area contributed by atoms with Crippen molar-refractivity contribution >= 4 is 17.4 Å². The molecule has 6 nitrogen and oxygen atoms in total. The van der Waals surface area contributed by atoms with Gasteiger partial charge >= 0.3 is 0 Å². The van der Waals surface area contributed by atoms with E-state index >= 15 is 0 Å². The molecule has 0 fully saturated rings. The van der Waals surface area contributed by atoms with E-state index in [1.807, 2.05) is 52.0 Å². The highest BCUT2D eigenvalue weighted by Gasteiger charge is 2.26. The molecule has 134 valence electrons. The number of pyridine rings is 1. The van der Waals surface area contributed by atoms with Gasteiger partial charge in [0.1, 0.15) is 5.82 Å². The van der Waals surface area contributed by atoms with Crippen molar-refractivity contribution in [2.45, 2.75) is 33.1 Å². The van der Waals surface area contributed by atoms with E-state index in [0.717, 1.165) is 11.4 Å². The highest BCUT2D eigenvalue weighted by molar-refractivity contribution is 6.05. The summed E-state index contributed by atoms with van der Waals surface area (Å²) in [5.41, 5.74) is 9.26. The molecule has 0 aliphatic rings. The van der Waals surface area contributed by atoms with Gasteiger partial charge in [-0.1, -0.05) is 38.5 Å². The zero-order chi connectivity index (χ0) is 18.9. The van der Waals surface area contributed by atoms with Gasteiger partial charge in [-0.15, -0.1) is 0 Å². The van der Waals surface area contributed by atoms with Crippen LogP contribution in [0.5, 0.6) is 0 Å². The van der Waals surface area contributed by atoms with Crippen molar-refractivity contribution in [2.24, 2.45) is 0 Å². The number of nitrogens with zero attached hydrogens (tertiary/aromatic N) is 3. The molecule has 0 aliphatic heterocycles. The Labute approximate surface area is 153 Å². The summed E-state index contributed by atoms with van der Waals surface area (Å²) in [6, 6.07) is 11.4. The van der Waals surface area contributed by atoms with Crippen LogP contribution in [-0.4, -0.2) is 20.7 Å². The van der Waals surface area contributed by atoms with Gasteiger partial charge in [0.2, 0.25) is 0 Å². The van der Waals surface area contributed by atoms with Gasteiger partial charge in [-0.2, -0.15) is 5.10 Å². The number of rotatable bonds is 3. The number of nitrogen functional groups attached to an aromatic ring is 1. The minimum atomic E-state index is -0.276. The summed E-state index contributed by atoms with van der Waals surface area (Å²) in [6.07, 6.45) is 3.31. The average molecular weight is 349 g/mol. The minimum absolute atomic E-state index is 0.222. The topological polar surface area (TPSA) is 85.8 Å². The van der Waals surface area contributed by atoms with E-state index in [-0.39, 0.29) is 11.3 Å². The Morgan fingerprint density at radius 2 is 1.81 bits per heavy atom. The second kappa shape index (κ2) is 6.63. The first kappa shape index (κ1) is 17.7. The molecule has 0 aliphatic carbocycles. The molecule has 6 heteroatoms. The van der Waals surface area contributed by atoms with Crippen LogP contribution in [0.2, 0.25) is 0 Å². The summed E-state index contributed by atoms with van der Waals surface area (Å²) >= 11 is 0. The molecule has 1 amide bonds. The molecule has 0 spiro atoms. The Morgan fingerprint density at radius 1 is 1.12 bits per heavy atom. The Bertz CT molecular complexity index is 918. The molecule has 0 radical (unpaired) electrons. The fourth-order valence-corrected chi connectivity index (χ4v) is 2.60. The third-order valence-corrected chi connectivity index (χ3v) is 4.01. The number of carbonyl (C=O) groups is 1. The summed E-state index contributed by atoms with van der Waals surface area (Å²) in [4.78, 5) is 16.8. The summed E-state index contributed by atoms with van der Waals surface area (Å²) in [6.45, 7) is 8.15. The number of hydrogen-bond donors (Lipinski definition) is 2. The minimum Gasteiger partial charge on any atom is -0.384 e. The van der Waals surface area contributed by atoms with Gasteiger partial charge in [-0.25, -0.2) is 9.67 Å². The van der Waals surface area contributed by atoms with E-state index in [9.17, 15) is 4.79 Å². The maximum Gasteiger partial charge on any atom is 0.259 e. The highest BCUT2D eigenvalue weighted by Crippen LogP contribution is 2.26. The lowest BCUT2D eigenvalue weighted by molar-refractivity contribution is 0.102. The van der Waals surface area contributed by atoms with Crippen LogP contribution in [0.25, 0.3) is 5.69 Å². The lowest BCUT2D eigenvalue weighted by Crippen LogP contribution is -2.20. The molecule has 26 heavy (non-hydrogen) atoms. The Morgan fingerprint density at radius 3 is 2.38 bits per heavy atom. The maximum atomic E-state index is 12.8. The van der Waals surface area contributed by atoms with E-state index in [1.54, 1.807) is 23.0 Å². The first-order valence-electron chi connectivity index (χ1n) is 8.44. The second-order valence-corrected chi connectivity index (χ2v) is 7.35. The first-order chi connectivity index (χ1) is 12.2. The van der Waals surface area contributed by atoms with Gasteiger partial charge in [0, 0.05) is 11.6 Å². The number of anilines is 2. The third kappa shape index (κ3) is 3.74. The standard InChI is InChI=1S/C20H23N5O/c1-13-5-8-15(9-6-13)25-12-16(18(24-25)20(2,3)4)19(26)23-14-7-10-17(21)22-11-14/h5-12H,1-4H3,(H2,21,22)(H,23,26). The number of hydrogen-bond acceptors (Lipinski definition) is 4. The molecular weight excluding hydrogens is 326 g/mol. The molecule has 3 aromatic rings. The largest absolute Gasteiger partial charge is 0.384 e. The third-order valence-electron chi connectivity index (χ3n) is 4.01. The Hall–Kier alpha value is -3.15. The van der Waals surface area contributed by atoms with Crippen molar-refractivity contribution in [3.8, 4) is 5.69 Å². The lowest BCUT2D eigenvalue weighted by Gasteiger charge is -2.17. The molecule has 1 aromatic carbocycles. The van der Waals surface area contributed by atoms with Crippen LogP contribution in [0.3, 0.4) is 0 Å². The molecule has 0 bridgehead atoms. The number of amides is 1. The van der Waals surface area contributed by atoms with Crippen molar-refractivity contribution in [3.63, 3.8) is 0 Å². The van der Waals surface area contributed by atoms with Gasteiger partial charge in [-0.05, 0) is 31.2 Å². The molecule has 3 rings (SSSR count).